The van der Waals surface area contributed by atoms with Crippen LogP contribution in [-0.2, 0) is 6.61 Å². The van der Waals surface area contributed by atoms with E-state index < -0.39 is 10.2 Å². The zero-order valence-corrected chi connectivity index (χ0v) is 16.7. The first-order valence-corrected chi connectivity index (χ1v) is 10.3. The topological polar surface area (TPSA) is 121 Å². The third kappa shape index (κ3) is 5.08. The van der Waals surface area contributed by atoms with Gasteiger partial charge in [0.2, 0.25) is 11.7 Å². The van der Waals surface area contributed by atoms with Gasteiger partial charge in [-0.25, -0.2) is 23.0 Å². The molecule has 0 unspecified atom stereocenters. The number of benzene rings is 2. The van der Waals surface area contributed by atoms with E-state index in [0.717, 1.165) is 27.9 Å². The predicted molar refractivity (Wildman–Crippen MR) is 99.7 cm³/mol. The maximum atomic E-state index is 13.0. The maximum absolute atomic E-state index is 13.0. The molecule has 0 saturated carbocycles. The van der Waals surface area contributed by atoms with E-state index in [2.05, 4.69) is 39.7 Å². The van der Waals surface area contributed by atoms with Crippen LogP contribution in [0.15, 0.2) is 79.1 Å². The van der Waals surface area contributed by atoms with E-state index in [1.165, 1.54) is 22.9 Å². The summed E-state index contributed by atoms with van der Waals surface area (Å²) < 4.78 is 54.9. The van der Waals surface area contributed by atoms with Crippen molar-refractivity contribution in [1.82, 2.24) is 4.98 Å². The van der Waals surface area contributed by atoms with Crippen molar-refractivity contribution in [2.45, 2.75) is 6.61 Å². The van der Waals surface area contributed by atoms with Gasteiger partial charge >= 0.3 is 0 Å². The molecular weight excluding hydrogens is 427 g/mol. The van der Waals surface area contributed by atoms with Gasteiger partial charge < -0.3 is 9.72 Å². The lowest BCUT2D eigenvalue weighted by Crippen LogP contribution is -2.68. The highest BCUT2D eigenvalue weighted by atomic mass is 35.7. The van der Waals surface area contributed by atoms with Crippen molar-refractivity contribution in [3.63, 3.8) is 0 Å². The number of nitrogens with one attached hydrogen (secondary N) is 1. The molecule has 0 aliphatic carbocycles. The van der Waals surface area contributed by atoms with Gasteiger partial charge in [0.15, 0.2) is 11.9 Å². The summed E-state index contributed by atoms with van der Waals surface area (Å²) in [6.45, 7) is 0.404. The number of halogens is 2. The molecule has 0 saturated heterocycles. The summed E-state index contributed by atoms with van der Waals surface area (Å²) >= 11 is 0. The number of ether oxygens (including phenoxy) is 1. The van der Waals surface area contributed by atoms with Crippen molar-refractivity contribution in [2.75, 3.05) is 0 Å². The number of hydrogen-bond acceptors (Lipinski definition) is 5. The second-order valence-corrected chi connectivity index (χ2v) is 7.48. The minimum absolute atomic E-state index is 0.239. The molecule has 2 aromatic carbocycles. The lowest BCUT2D eigenvalue weighted by Gasteiger charge is -2.17. The van der Waals surface area contributed by atoms with Crippen LogP contribution < -0.4 is 27.8 Å². The molecular formula is C22H16ClFN2O5. The van der Waals surface area contributed by atoms with Crippen molar-refractivity contribution < 1.29 is 42.4 Å². The fourth-order valence-electron chi connectivity index (χ4n) is 3.36. The van der Waals surface area contributed by atoms with Crippen LogP contribution in [0.4, 0.5) is 4.39 Å². The molecule has 5 aromatic rings. The smallest absolute Gasteiger partial charge is 0.235 e. The maximum Gasteiger partial charge on any atom is 0.235 e. The molecule has 0 fully saturated rings. The average molecular weight is 443 g/mol. The van der Waals surface area contributed by atoms with Gasteiger partial charge in [-0.15, -0.1) is 10.2 Å². The quantitative estimate of drug-likeness (QED) is 0.395. The normalized spacial score (nSPS) is 11.5. The van der Waals surface area contributed by atoms with Crippen LogP contribution in [0.2, 0.25) is 0 Å². The fourth-order valence-corrected chi connectivity index (χ4v) is 3.36. The van der Waals surface area contributed by atoms with Gasteiger partial charge in [-0.2, -0.15) is 4.40 Å². The summed E-state index contributed by atoms with van der Waals surface area (Å²) in [6.07, 6.45) is 4.01. The molecule has 31 heavy (non-hydrogen) atoms. The number of fused-ring (bicyclic) bond motifs is 5. The summed E-state index contributed by atoms with van der Waals surface area (Å²) in [6, 6.07) is 20.8. The summed E-state index contributed by atoms with van der Waals surface area (Å²) in [5.41, 5.74) is 4.27. The lowest BCUT2D eigenvalue weighted by atomic mass is 10.1. The van der Waals surface area contributed by atoms with Gasteiger partial charge in [0.1, 0.15) is 17.9 Å². The van der Waals surface area contributed by atoms with Gasteiger partial charge in [-0.3, -0.25) is 0 Å². The summed E-state index contributed by atoms with van der Waals surface area (Å²) in [4.78, 5) is 3.51. The van der Waals surface area contributed by atoms with Crippen LogP contribution >= 0.6 is 0 Å². The Morgan fingerprint density at radius 3 is 2.32 bits per heavy atom. The molecule has 0 amide bonds. The van der Waals surface area contributed by atoms with E-state index in [4.69, 9.17) is 23.4 Å². The Labute approximate surface area is 177 Å². The van der Waals surface area contributed by atoms with Gasteiger partial charge in [0, 0.05) is 28.4 Å². The molecule has 3 heterocycles. The number of para-hydroxylation sites is 1. The molecule has 9 heteroatoms. The van der Waals surface area contributed by atoms with Gasteiger partial charge in [0.05, 0.1) is 0 Å². The second-order valence-electron chi connectivity index (χ2n) is 6.73. The summed E-state index contributed by atoms with van der Waals surface area (Å²) in [5, 5.41) is 2.43. The minimum atomic E-state index is -4.94. The highest BCUT2D eigenvalue weighted by Crippen LogP contribution is 2.27. The molecule has 5 rings (SSSR count). The third-order valence-electron chi connectivity index (χ3n) is 4.67. The highest BCUT2D eigenvalue weighted by Gasteiger charge is 2.13. The van der Waals surface area contributed by atoms with Gasteiger partial charge in [-0.05, 0) is 29.8 Å². The standard InChI is InChI=1S/C22H15FN2O.ClHO4/c23-16-7-5-15(6-8-16)14-26-17-9-10-21-22-19(11-12-25(21)13-17)18-3-1-2-4-20(18)24-22;2-1(3,4)5/h1-13H,14H2;(H,2,3,4,5). The zero-order valence-electron chi connectivity index (χ0n) is 16.0. The van der Waals surface area contributed by atoms with E-state index >= 15 is 0 Å². The number of H-pyrrole nitrogens is 1. The van der Waals surface area contributed by atoms with Crippen LogP contribution in [0.5, 0.6) is 5.75 Å². The molecule has 0 radical (unpaired) electrons. The van der Waals surface area contributed by atoms with E-state index in [0.29, 0.717) is 6.61 Å². The van der Waals surface area contributed by atoms with Crippen molar-refractivity contribution in [1.29, 1.82) is 0 Å². The zero-order chi connectivity index (χ0) is 22.0. The van der Waals surface area contributed by atoms with Crippen LogP contribution in [0.25, 0.3) is 27.3 Å². The fraction of sp³-hybridized carbons (Fsp3) is 0.0455. The molecule has 0 aliphatic rings. The minimum Gasteiger partial charge on any atom is -0.483 e. The van der Waals surface area contributed by atoms with Crippen LogP contribution in [-0.4, -0.2) is 4.98 Å². The summed E-state index contributed by atoms with van der Waals surface area (Å²) in [5.74, 6) is 0.527. The lowest BCUT2D eigenvalue weighted by molar-refractivity contribution is -2.00. The van der Waals surface area contributed by atoms with Crippen molar-refractivity contribution in [3.05, 3.63) is 90.5 Å². The number of rotatable bonds is 3. The second kappa shape index (κ2) is 8.46. The molecule has 158 valence electrons. The monoisotopic (exact) mass is 442 g/mol. The Balaban J connectivity index is 0.000000418. The Kier molecular flexibility index (Phi) is 5.73. The highest BCUT2D eigenvalue weighted by molar-refractivity contribution is 6.10. The first kappa shape index (κ1) is 21.0. The number of aromatic nitrogens is 2. The number of pyridine rings is 2. The SMILES string of the molecule is Fc1ccc(COc2ccc3c4[nH]c5ccccc5c4cc[n+]3c2)cc1.[O-][Cl+3]([O-])([O-])[O-]. The van der Waals surface area contributed by atoms with E-state index in [-0.39, 0.29) is 5.82 Å². The molecule has 7 nitrogen and oxygen atoms in total. The van der Waals surface area contributed by atoms with Gasteiger partial charge in [-0.1, -0.05) is 30.3 Å². The van der Waals surface area contributed by atoms with E-state index in [1.807, 2.05) is 24.5 Å². The summed E-state index contributed by atoms with van der Waals surface area (Å²) in [7, 11) is -4.94. The largest absolute Gasteiger partial charge is 0.483 e. The van der Waals surface area contributed by atoms with Crippen LogP contribution in [0.3, 0.4) is 0 Å². The van der Waals surface area contributed by atoms with E-state index in [1.54, 1.807) is 12.1 Å². The van der Waals surface area contributed by atoms with Crippen LogP contribution in [0.1, 0.15) is 5.56 Å². The van der Waals surface area contributed by atoms with Crippen molar-refractivity contribution in [3.8, 4) is 5.75 Å². The number of nitrogens with zero attached hydrogens (tertiary/aromatic N) is 1. The first-order valence-electron chi connectivity index (χ1n) is 9.11. The molecule has 0 spiro atoms. The van der Waals surface area contributed by atoms with E-state index in [9.17, 15) is 4.39 Å². The molecule has 1 N–H and O–H groups in total. The molecule has 3 aromatic heterocycles. The van der Waals surface area contributed by atoms with Crippen LogP contribution in [0, 0.1) is 16.1 Å². The first-order chi connectivity index (χ1) is 14.8. The number of aromatic amines is 1. The Hall–Kier alpha value is -3.27. The molecule has 0 bridgehead atoms. The molecule has 0 aliphatic heterocycles. The van der Waals surface area contributed by atoms with Crippen molar-refractivity contribution in [2.24, 2.45) is 0 Å². The third-order valence-corrected chi connectivity index (χ3v) is 4.67. The molecule has 0 atom stereocenters. The van der Waals surface area contributed by atoms with Crippen molar-refractivity contribution >= 4 is 27.3 Å². The Morgan fingerprint density at radius 2 is 1.58 bits per heavy atom. The Morgan fingerprint density at radius 1 is 0.871 bits per heavy atom. The Bertz CT molecular complexity index is 1340. The number of hydrogen-bond donors (Lipinski definition) is 1. The predicted octanol–water partition coefficient (Wildman–Crippen LogP) is 0.0219. The van der Waals surface area contributed by atoms with Gasteiger partial charge in [0.25, 0.3) is 0 Å². The average Bonchev–Trinajstić information content (AvgIpc) is 3.11.